The summed E-state index contributed by atoms with van der Waals surface area (Å²) in [6.45, 7) is 0. The molecule has 3 rings (SSSR count). The third kappa shape index (κ3) is 2.43. The zero-order chi connectivity index (χ0) is 14.1. The van der Waals surface area contributed by atoms with E-state index in [4.69, 9.17) is 4.74 Å². The number of nitrogens with one attached hydrogen (secondary N) is 1. The van der Waals surface area contributed by atoms with Crippen LogP contribution in [0.4, 0.5) is 10.2 Å². The maximum absolute atomic E-state index is 13.8. The summed E-state index contributed by atoms with van der Waals surface area (Å²) in [5.41, 5.74) is 1.68. The number of aromatic nitrogens is 2. The van der Waals surface area contributed by atoms with Gasteiger partial charge in [0.1, 0.15) is 5.82 Å². The summed E-state index contributed by atoms with van der Waals surface area (Å²) < 4.78 is 18.7. The zero-order valence-corrected chi connectivity index (χ0v) is 11.5. The Balaban J connectivity index is 2.04. The van der Waals surface area contributed by atoms with Crippen molar-refractivity contribution < 1.29 is 9.13 Å². The molecule has 1 heterocycles. The van der Waals surface area contributed by atoms with Crippen LogP contribution in [-0.4, -0.2) is 24.1 Å². The summed E-state index contributed by atoms with van der Waals surface area (Å²) in [7, 11) is 3.26. The molecule has 1 aliphatic carbocycles. The Morgan fingerprint density at radius 2 is 2.05 bits per heavy atom. The summed E-state index contributed by atoms with van der Waals surface area (Å²) in [6, 6.07) is 6.73. The minimum Gasteiger partial charge on any atom is -0.494 e. The summed E-state index contributed by atoms with van der Waals surface area (Å²) in [4.78, 5) is 8.95. The first-order valence-electron chi connectivity index (χ1n) is 6.62. The van der Waals surface area contributed by atoms with E-state index in [9.17, 15) is 4.39 Å². The first-order valence-corrected chi connectivity index (χ1v) is 6.62. The lowest BCUT2D eigenvalue weighted by Crippen LogP contribution is -2.00. The standard InChI is InChI=1S/C15H16FN3O/c1-17-14-8-12(9-3-4-9)18-15(19-14)10-5-6-13(20-2)11(16)7-10/h5-9H,3-4H2,1-2H3,(H,17,18,19). The molecular weight excluding hydrogens is 257 g/mol. The van der Waals surface area contributed by atoms with Crippen molar-refractivity contribution in [1.82, 2.24) is 9.97 Å². The Bertz CT molecular complexity index is 641. The van der Waals surface area contributed by atoms with Crippen molar-refractivity contribution >= 4 is 5.82 Å². The lowest BCUT2D eigenvalue weighted by Gasteiger charge is -2.08. The number of hydrogen-bond acceptors (Lipinski definition) is 4. The fourth-order valence-electron chi connectivity index (χ4n) is 2.12. The van der Waals surface area contributed by atoms with Gasteiger partial charge in [-0.15, -0.1) is 0 Å². The summed E-state index contributed by atoms with van der Waals surface area (Å²) >= 11 is 0. The number of benzene rings is 1. The number of halogens is 1. The lowest BCUT2D eigenvalue weighted by atomic mass is 10.2. The molecule has 0 bridgehead atoms. The van der Waals surface area contributed by atoms with Crippen LogP contribution in [0.2, 0.25) is 0 Å². The van der Waals surface area contributed by atoms with Gasteiger partial charge >= 0.3 is 0 Å². The molecule has 0 amide bonds. The van der Waals surface area contributed by atoms with Gasteiger partial charge in [-0.1, -0.05) is 0 Å². The first-order chi connectivity index (χ1) is 9.71. The second kappa shape index (κ2) is 5.07. The Morgan fingerprint density at radius 1 is 1.25 bits per heavy atom. The van der Waals surface area contributed by atoms with Gasteiger partial charge < -0.3 is 10.1 Å². The average molecular weight is 273 g/mol. The molecule has 1 aromatic heterocycles. The third-order valence-corrected chi connectivity index (χ3v) is 3.41. The molecule has 1 N–H and O–H groups in total. The maximum atomic E-state index is 13.8. The zero-order valence-electron chi connectivity index (χ0n) is 11.5. The minimum absolute atomic E-state index is 0.223. The highest BCUT2D eigenvalue weighted by atomic mass is 19.1. The highest BCUT2D eigenvalue weighted by molar-refractivity contribution is 5.59. The van der Waals surface area contributed by atoms with Crippen LogP contribution < -0.4 is 10.1 Å². The minimum atomic E-state index is -0.406. The van der Waals surface area contributed by atoms with E-state index in [1.807, 2.05) is 13.1 Å². The molecule has 1 aromatic carbocycles. The molecule has 1 saturated carbocycles. The van der Waals surface area contributed by atoms with Crippen molar-refractivity contribution in [1.29, 1.82) is 0 Å². The van der Waals surface area contributed by atoms with E-state index in [-0.39, 0.29) is 5.75 Å². The molecule has 0 saturated heterocycles. The maximum Gasteiger partial charge on any atom is 0.165 e. The largest absolute Gasteiger partial charge is 0.494 e. The number of ether oxygens (including phenoxy) is 1. The van der Waals surface area contributed by atoms with Crippen LogP contribution in [0.5, 0.6) is 5.75 Å². The van der Waals surface area contributed by atoms with Crippen LogP contribution in [0.1, 0.15) is 24.5 Å². The van der Waals surface area contributed by atoms with E-state index in [1.54, 1.807) is 12.1 Å². The Morgan fingerprint density at radius 3 is 2.65 bits per heavy atom. The number of rotatable bonds is 4. The molecule has 0 atom stereocenters. The predicted octanol–water partition coefficient (Wildman–Crippen LogP) is 3.21. The molecule has 0 unspecified atom stereocenters. The van der Waals surface area contributed by atoms with E-state index in [1.165, 1.54) is 13.2 Å². The van der Waals surface area contributed by atoms with Crippen LogP contribution in [0.15, 0.2) is 24.3 Å². The number of nitrogens with zero attached hydrogens (tertiary/aromatic N) is 2. The van der Waals surface area contributed by atoms with Gasteiger partial charge in [-0.05, 0) is 31.0 Å². The molecular formula is C15H16FN3O. The van der Waals surface area contributed by atoms with Gasteiger partial charge in [0.2, 0.25) is 0 Å². The summed E-state index contributed by atoms with van der Waals surface area (Å²) in [5.74, 6) is 1.64. The van der Waals surface area contributed by atoms with E-state index >= 15 is 0 Å². The van der Waals surface area contributed by atoms with Crippen molar-refractivity contribution in [2.45, 2.75) is 18.8 Å². The molecule has 1 fully saturated rings. The third-order valence-electron chi connectivity index (χ3n) is 3.41. The van der Waals surface area contributed by atoms with Crippen molar-refractivity contribution in [3.63, 3.8) is 0 Å². The van der Waals surface area contributed by atoms with Crippen molar-refractivity contribution in [2.24, 2.45) is 0 Å². The van der Waals surface area contributed by atoms with E-state index in [0.29, 0.717) is 17.3 Å². The van der Waals surface area contributed by atoms with E-state index in [2.05, 4.69) is 15.3 Å². The Labute approximate surface area is 117 Å². The molecule has 5 heteroatoms. The van der Waals surface area contributed by atoms with Gasteiger partial charge in [-0.2, -0.15) is 0 Å². The van der Waals surface area contributed by atoms with E-state index in [0.717, 1.165) is 24.4 Å². The average Bonchev–Trinajstić information content (AvgIpc) is 3.31. The smallest absolute Gasteiger partial charge is 0.165 e. The monoisotopic (exact) mass is 273 g/mol. The van der Waals surface area contributed by atoms with E-state index < -0.39 is 5.82 Å². The quantitative estimate of drug-likeness (QED) is 0.929. The van der Waals surface area contributed by atoms with Crippen molar-refractivity contribution in [3.05, 3.63) is 35.8 Å². The normalized spacial score (nSPS) is 14.2. The van der Waals surface area contributed by atoms with Gasteiger partial charge in [0.05, 0.1) is 7.11 Å². The molecule has 0 spiro atoms. The Kier molecular flexibility index (Phi) is 3.26. The first kappa shape index (κ1) is 12.8. The topological polar surface area (TPSA) is 47.0 Å². The van der Waals surface area contributed by atoms with Gasteiger partial charge in [0.25, 0.3) is 0 Å². The van der Waals surface area contributed by atoms with Crippen LogP contribution in [0, 0.1) is 5.82 Å². The highest BCUT2D eigenvalue weighted by Gasteiger charge is 2.26. The molecule has 4 nitrogen and oxygen atoms in total. The molecule has 2 aromatic rings. The summed E-state index contributed by atoms with van der Waals surface area (Å²) in [5, 5.41) is 3.03. The second-order valence-electron chi connectivity index (χ2n) is 4.88. The van der Waals surface area contributed by atoms with Crippen molar-refractivity contribution in [3.8, 4) is 17.1 Å². The SMILES string of the molecule is CNc1cc(C2CC2)nc(-c2ccc(OC)c(F)c2)n1. The van der Waals surface area contributed by atoms with Crippen molar-refractivity contribution in [2.75, 3.05) is 19.5 Å². The Hall–Kier alpha value is -2.17. The van der Waals surface area contributed by atoms with Gasteiger partial charge in [0, 0.05) is 30.3 Å². The second-order valence-corrected chi connectivity index (χ2v) is 4.88. The number of hydrogen-bond donors (Lipinski definition) is 1. The van der Waals surface area contributed by atoms with Gasteiger partial charge in [-0.25, -0.2) is 14.4 Å². The number of anilines is 1. The predicted molar refractivity (Wildman–Crippen MR) is 75.5 cm³/mol. The fraction of sp³-hybridized carbons (Fsp3) is 0.333. The van der Waals surface area contributed by atoms with Crippen LogP contribution in [-0.2, 0) is 0 Å². The van der Waals surface area contributed by atoms with Crippen LogP contribution in [0.3, 0.4) is 0 Å². The fourth-order valence-corrected chi connectivity index (χ4v) is 2.12. The van der Waals surface area contributed by atoms with Gasteiger partial charge in [0.15, 0.2) is 17.4 Å². The van der Waals surface area contributed by atoms with Crippen LogP contribution in [0.25, 0.3) is 11.4 Å². The molecule has 104 valence electrons. The molecule has 0 aliphatic heterocycles. The number of methoxy groups -OCH3 is 1. The summed E-state index contributed by atoms with van der Waals surface area (Å²) in [6.07, 6.45) is 2.33. The molecule has 20 heavy (non-hydrogen) atoms. The van der Waals surface area contributed by atoms with Crippen LogP contribution >= 0.6 is 0 Å². The highest BCUT2D eigenvalue weighted by Crippen LogP contribution is 2.40. The molecule has 1 aliphatic rings. The van der Waals surface area contributed by atoms with Gasteiger partial charge in [-0.3, -0.25) is 0 Å². The lowest BCUT2D eigenvalue weighted by molar-refractivity contribution is 0.386. The molecule has 0 radical (unpaired) electrons.